The van der Waals surface area contributed by atoms with Crippen molar-refractivity contribution >= 4 is 5.97 Å². The van der Waals surface area contributed by atoms with E-state index >= 15 is 0 Å². The SMILES string of the molecule is CCC(NCCC(=O)O)C1CCCCC1. The van der Waals surface area contributed by atoms with Crippen molar-refractivity contribution in [2.24, 2.45) is 5.92 Å². The van der Waals surface area contributed by atoms with Crippen LogP contribution in [0.1, 0.15) is 51.9 Å². The first-order valence-electron chi connectivity index (χ1n) is 6.19. The third-order valence-corrected chi connectivity index (χ3v) is 3.40. The number of carboxylic acids is 1. The Balaban J connectivity index is 2.24. The molecule has 1 aliphatic rings. The zero-order valence-electron chi connectivity index (χ0n) is 9.67. The molecule has 0 radical (unpaired) electrons. The highest BCUT2D eigenvalue weighted by atomic mass is 16.4. The Labute approximate surface area is 92.3 Å². The van der Waals surface area contributed by atoms with Gasteiger partial charge in [0.25, 0.3) is 0 Å². The quantitative estimate of drug-likeness (QED) is 0.712. The lowest BCUT2D eigenvalue weighted by Gasteiger charge is -2.30. The van der Waals surface area contributed by atoms with Gasteiger partial charge in [-0.15, -0.1) is 0 Å². The minimum Gasteiger partial charge on any atom is -0.481 e. The molecule has 1 fully saturated rings. The van der Waals surface area contributed by atoms with E-state index in [0.717, 1.165) is 12.3 Å². The van der Waals surface area contributed by atoms with E-state index < -0.39 is 5.97 Å². The molecule has 1 rings (SSSR count). The van der Waals surface area contributed by atoms with Gasteiger partial charge >= 0.3 is 5.97 Å². The number of carboxylic acid groups (broad SMARTS) is 1. The molecule has 0 amide bonds. The van der Waals surface area contributed by atoms with Crippen molar-refractivity contribution in [1.29, 1.82) is 0 Å². The predicted octanol–water partition coefficient (Wildman–Crippen LogP) is 2.41. The Hall–Kier alpha value is -0.570. The maximum atomic E-state index is 10.4. The Kier molecular flexibility index (Phi) is 5.69. The van der Waals surface area contributed by atoms with Gasteiger partial charge in [0, 0.05) is 12.6 Å². The first-order valence-corrected chi connectivity index (χ1v) is 6.19. The fourth-order valence-electron chi connectivity index (χ4n) is 2.55. The van der Waals surface area contributed by atoms with Crippen LogP contribution in [0.25, 0.3) is 0 Å². The summed E-state index contributed by atoms with van der Waals surface area (Å²) in [5.74, 6) is 0.0681. The number of rotatable bonds is 6. The first-order chi connectivity index (χ1) is 7.24. The van der Waals surface area contributed by atoms with Crippen molar-refractivity contribution in [3.8, 4) is 0 Å². The Morgan fingerprint density at radius 1 is 1.40 bits per heavy atom. The van der Waals surface area contributed by atoms with Crippen LogP contribution in [-0.2, 0) is 4.79 Å². The van der Waals surface area contributed by atoms with E-state index in [1.54, 1.807) is 0 Å². The maximum Gasteiger partial charge on any atom is 0.304 e. The summed E-state index contributed by atoms with van der Waals surface area (Å²) in [6, 6.07) is 0.532. The van der Waals surface area contributed by atoms with Gasteiger partial charge in [-0.25, -0.2) is 0 Å². The fourth-order valence-corrected chi connectivity index (χ4v) is 2.55. The molecular formula is C12H23NO2. The molecule has 0 saturated heterocycles. The molecular weight excluding hydrogens is 190 g/mol. The molecule has 1 atom stereocenters. The second-order valence-electron chi connectivity index (χ2n) is 4.51. The highest BCUT2D eigenvalue weighted by Crippen LogP contribution is 2.27. The van der Waals surface area contributed by atoms with Crippen molar-refractivity contribution < 1.29 is 9.90 Å². The molecule has 0 aliphatic heterocycles. The molecule has 1 saturated carbocycles. The average Bonchev–Trinajstić information content (AvgIpc) is 2.25. The van der Waals surface area contributed by atoms with Crippen LogP contribution >= 0.6 is 0 Å². The number of aliphatic carboxylic acids is 1. The second-order valence-corrected chi connectivity index (χ2v) is 4.51. The maximum absolute atomic E-state index is 10.4. The number of hydrogen-bond donors (Lipinski definition) is 2. The summed E-state index contributed by atoms with van der Waals surface area (Å²) in [4.78, 5) is 10.4. The largest absolute Gasteiger partial charge is 0.481 e. The van der Waals surface area contributed by atoms with Gasteiger partial charge in [0.1, 0.15) is 0 Å². The Morgan fingerprint density at radius 3 is 2.60 bits per heavy atom. The van der Waals surface area contributed by atoms with Crippen LogP contribution in [0.3, 0.4) is 0 Å². The summed E-state index contributed by atoms with van der Waals surface area (Å²) in [7, 11) is 0. The molecule has 0 spiro atoms. The zero-order chi connectivity index (χ0) is 11.1. The van der Waals surface area contributed by atoms with E-state index in [4.69, 9.17) is 5.11 Å². The number of carbonyl (C=O) groups is 1. The first kappa shape index (κ1) is 12.5. The third-order valence-electron chi connectivity index (χ3n) is 3.40. The summed E-state index contributed by atoms with van der Waals surface area (Å²) in [6.07, 6.45) is 8.07. The minimum atomic E-state index is -0.707. The highest BCUT2D eigenvalue weighted by molar-refractivity contribution is 5.66. The lowest BCUT2D eigenvalue weighted by molar-refractivity contribution is -0.136. The van der Waals surface area contributed by atoms with Crippen LogP contribution < -0.4 is 5.32 Å². The van der Waals surface area contributed by atoms with Gasteiger partial charge in [0.2, 0.25) is 0 Å². The fraction of sp³-hybridized carbons (Fsp3) is 0.917. The molecule has 1 aliphatic carbocycles. The van der Waals surface area contributed by atoms with Crippen LogP contribution in [0.15, 0.2) is 0 Å². The molecule has 3 nitrogen and oxygen atoms in total. The zero-order valence-corrected chi connectivity index (χ0v) is 9.67. The summed E-state index contributed by atoms with van der Waals surface area (Å²) in [6.45, 7) is 2.80. The highest BCUT2D eigenvalue weighted by Gasteiger charge is 2.21. The van der Waals surface area contributed by atoms with E-state index in [0.29, 0.717) is 12.6 Å². The van der Waals surface area contributed by atoms with Gasteiger partial charge in [0.05, 0.1) is 6.42 Å². The van der Waals surface area contributed by atoms with Crippen molar-refractivity contribution in [2.45, 2.75) is 57.9 Å². The molecule has 15 heavy (non-hydrogen) atoms. The van der Waals surface area contributed by atoms with Crippen LogP contribution in [0.2, 0.25) is 0 Å². The van der Waals surface area contributed by atoms with Gasteiger partial charge < -0.3 is 10.4 Å². The summed E-state index contributed by atoms with van der Waals surface area (Å²) < 4.78 is 0. The van der Waals surface area contributed by atoms with Crippen molar-refractivity contribution in [2.75, 3.05) is 6.54 Å². The average molecular weight is 213 g/mol. The standard InChI is InChI=1S/C12H23NO2/c1-2-11(13-9-8-12(14)15)10-6-4-3-5-7-10/h10-11,13H,2-9H2,1H3,(H,14,15). The Morgan fingerprint density at radius 2 is 2.07 bits per heavy atom. The lowest BCUT2D eigenvalue weighted by atomic mass is 9.83. The molecule has 2 N–H and O–H groups in total. The van der Waals surface area contributed by atoms with E-state index in [1.807, 2.05) is 0 Å². The minimum absolute atomic E-state index is 0.239. The Bertz CT molecular complexity index is 188. The smallest absolute Gasteiger partial charge is 0.304 e. The van der Waals surface area contributed by atoms with Crippen molar-refractivity contribution in [3.05, 3.63) is 0 Å². The van der Waals surface area contributed by atoms with Crippen LogP contribution in [0, 0.1) is 5.92 Å². The van der Waals surface area contributed by atoms with Gasteiger partial charge in [-0.1, -0.05) is 26.2 Å². The summed E-state index contributed by atoms with van der Waals surface area (Å²) in [5.41, 5.74) is 0. The molecule has 3 heteroatoms. The molecule has 0 aromatic heterocycles. The lowest BCUT2D eigenvalue weighted by Crippen LogP contribution is -2.37. The topological polar surface area (TPSA) is 49.3 Å². The third kappa shape index (κ3) is 4.65. The molecule has 0 aromatic carbocycles. The van der Waals surface area contributed by atoms with E-state index in [-0.39, 0.29) is 6.42 Å². The van der Waals surface area contributed by atoms with Crippen LogP contribution in [-0.4, -0.2) is 23.7 Å². The summed E-state index contributed by atoms with van der Waals surface area (Å²) >= 11 is 0. The molecule has 88 valence electrons. The number of nitrogens with one attached hydrogen (secondary N) is 1. The molecule has 0 heterocycles. The molecule has 0 aromatic rings. The normalized spacial score (nSPS) is 20.1. The van der Waals surface area contributed by atoms with Crippen LogP contribution in [0.5, 0.6) is 0 Å². The van der Waals surface area contributed by atoms with Crippen molar-refractivity contribution in [1.82, 2.24) is 5.32 Å². The van der Waals surface area contributed by atoms with Gasteiger partial charge in [-0.2, -0.15) is 0 Å². The van der Waals surface area contributed by atoms with Gasteiger partial charge in [-0.05, 0) is 25.2 Å². The van der Waals surface area contributed by atoms with E-state index in [9.17, 15) is 4.79 Å². The van der Waals surface area contributed by atoms with Crippen LogP contribution in [0.4, 0.5) is 0 Å². The molecule has 1 unspecified atom stereocenters. The van der Waals surface area contributed by atoms with Crippen molar-refractivity contribution in [3.63, 3.8) is 0 Å². The molecule has 0 bridgehead atoms. The monoisotopic (exact) mass is 213 g/mol. The van der Waals surface area contributed by atoms with E-state index in [2.05, 4.69) is 12.2 Å². The number of hydrogen-bond acceptors (Lipinski definition) is 2. The second kappa shape index (κ2) is 6.83. The predicted molar refractivity (Wildman–Crippen MR) is 60.9 cm³/mol. The van der Waals surface area contributed by atoms with Gasteiger partial charge in [0.15, 0.2) is 0 Å². The van der Waals surface area contributed by atoms with E-state index in [1.165, 1.54) is 32.1 Å². The summed E-state index contributed by atoms with van der Waals surface area (Å²) in [5, 5.41) is 12.0. The van der Waals surface area contributed by atoms with Gasteiger partial charge in [-0.3, -0.25) is 4.79 Å².